The molecule has 9 heteroatoms. The number of nitrogens with one attached hydrogen (secondary N) is 2. The molecular formula is C25H18F4N2O3. The van der Waals surface area contributed by atoms with Crippen molar-refractivity contribution >= 4 is 34.2 Å². The molecule has 0 aliphatic heterocycles. The van der Waals surface area contributed by atoms with Gasteiger partial charge in [0, 0.05) is 22.2 Å². The molecule has 1 heterocycles. The second-order valence-electron chi connectivity index (χ2n) is 7.70. The first kappa shape index (κ1) is 23.0. The number of carbonyl (C=O) groups excluding carboxylic acids is 2. The molecule has 174 valence electrons. The van der Waals surface area contributed by atoms with Crippen LogP contribution in [0, 0.1) is 12.7 Å². The van der Waals surface area contributed by atoms with Gasteiger partial charge < -0.3 is 15.1 Å². The van der Waals surface area contributed by atoms with Gasteiger partial charge >= 0.3 is 6.18 Å². The van der Waals surface area contributed by atoms with Gasteiger partial charge in [0.05, 0.1) is 23.9 Å². The fraction of sp³-hybridized carbons (Fsp3) is 0.120. The zero-order valence-corrected chi connectivity index (χ0v) is 17.8. The van der Waals surface area contributed by atoms with Gasteiger partial charge in [-0.15, -0.1) is 0 Å². The van der Waals surface area contributed by atoms with Gasteiger partial charge in [-0.05, 0) is 61.0 Å². The largest absolute Gasteiger partial charge is 0.464 e. The molecule has 2 N–H and O–H groups in total. The summed E-state index contributed by atoms with van der Waals surface area (Å²) < 4.78 is 59.5. The van der Waals surface area contributed by atoms with Gasteiger partial charge in [-0.3, -0.25) is 9.59 Å². The summed E-state index contributed by atoms with van der Waals surface area (Å²) in [5, 5.41) is 5.34. The molecule has 0 aliphatic carbocycles. The first-order chi connectivity index (χ1) is 16.1. The van der Waals surface area contributed by atoms with Crippen LogP contribution in [-0.2, 0) is 17.4 Å². The van der Waals surface area contributed by atoms with Crippen molar-refractivity contribution in [1.29, 1.82) is 0 Å². The predicted octanol–water partition coefficient (Wildman–Crippen LogP) is 6.33. The van der Waals surface area contributed by atoms with Crippen molar-refractivity contribution in [3.05, 3.63) is 95.0 Å². The summed E-state index contributed by atoms with van der Waals surface area (Å²) in [6.07, 6.45) is -3.57. The minimum atomic E-state index is -4.79. The van der Waals surface area contributed by atoms with E-state index in [9.17, 15) is 27.2 Å². The van der Waals surface area contributed by atoms with Gasteiger partial charge in [-0.1, -0.05) is 12.1 Å². The van der Waals surface area contributed by atoms with E-state index in [1.165, 1.54) is 24.5 Å². The highest BCUT2D eigenvalue weighted by Crippen LogP contribution is 2.37. The van der Waals surface area contributed by atoms with Crippen molar-refractivity contribution in [2.24, 2.45) is 0 Å². The van der Waals surface area contributed by atoms with E-state index in [-0.39, 0.29) is 17.7 Å². The molecule has 0 saturated carbocycles. The molecule has 2 amide bonds. The summed E-state index contributed by atoms with van der Waals surface area (Å²) in [6.45, 7) is 1.89. The number of fused-ring (bicyclic) bond motifs is 1. The summed E-state index contributed by atoms with van der Waals surface area (Å²) in [7, 11) is 0. The van der Waals surface area contributed by atoms with Crippen LogP contribution in [0.1, 0.15) is 27.0 Å². The molecule has 0 atom stereocenters. The van der Waals surface area contributed by atoms with Crippen LogP contribution in [-0.4, -0.2) is 11.8 Å². The lowest BCUT2D eigenvalue weighted by Gasteiger charge is -2.16. The number of hydrogen-bond acceptors (Lipinski definition) is 3. The van der Waals surface area contributed by atoms with Crippen LogP contribution in [0.2, 0.25) is 0 Å². The second-order valence-corrected chi connectivity index (χ2v) is 7.70. The van der Waals surface area contributed by atoms with Gasteiger partial charge in [0.15, 0.2) is 0 Å². The molecule has 1 aromatic heterocycles. The van der Waals surface area contributed by atoms with E-state index in [1.807, 2.05) is 13.0 Å². The van der Waals surface area contributed by atoms with Crippen molar-refractivity contribution in [1.82, 2.24) is 0 Å². The molecule has 0 bridgehead atoms. The molecule has 0 fully saturated rings. The van der Waals surface area contributed by atoms with Crippen LogP contribution in [0.25, 0.3) is 11.0 Å². The Morgan fingerprint density at radius 2 is 1.68 bits per heavy atom. The van der Waals surface area contributed by atoms with E-state index in [1.54, 1.807) is 12.1 Å². The third-order valence-corrected chi connectivity index (χ3v) is 5.13. The predicted molar refractivity (Wildman–Crippen MR) is 119 cm³/mol. The van der Waals surface area contributed by atoms with Crippen LogP contribution >= 0.6 is 0 Å². The van der Waals surface area contributed by atoms with Crippen LogP contribution < -0.4 is 10.6 Å². The summed E-state index contributed by atoms with van der Waals surface area (Å²) >= 11 is 0. The zero-order chi connectivity index (χ0) is 24.5. The van der Waals surface area contributed by atoms with Gasteiger partial charge in [0.1, 0.15) is 11.4 Å². The van der Waals surface area contributed by atoms with Crippen LogP contribution in [0.3, 0.4) is 0 Å². The topological polar surface area (TPSA) is 71.3 Å². The zero-order valence-electron chi connectivity index (χ0n) is 17.8. The molecule has 4 aromatic rings. The van der Waals surface area contributed by atoms with Crippen molar-refractivity contribution in [2.75, 3.05) is 10.6 Å². The number of furan rings is 1. The van der Waals surface area contributed by atoms with Crippen molar-refractivity contribution in [3.63, 3.8) is 0 Å². The first-order valence-corrected chi connectivity index (χ1v) is 10.1. The number of rotatable bonds is 5. The molecule has 0 saturated heterocycles. The molecule has 0 unspecified atom stereocenters. The Kier molecular flexibility index (Phi) is 6.10. The van der Waals surface area contributed by atoms with Crippen molar-refractivity contribution in [3.8, 4) is 0 Å². The average Bonchev–Trinajstić information content (AvgIpc) is 3.16. The van der Waals surface area contributed by atoms with E-state index in [0.29, 0.717) is 16.5 Å². The lowest BCUT2D eigenvalue weighted by molar-refractivity contribution is -0.136. The standard InChI is InChI=1S/C25H18F4N2O3/c1-14-2-8-19-16(13-34-22(19)10-14)11-23(32)31-21-9-7-18(12-20(21)25(27,28)29)30-24(33)15-3-5-17(26)6-4-15/h2-10,12-13H,11H2,1H3,(H,30,33)(H,31,32). The molecule has 3 aromatic carbocycles. The average molecular weight is 470 g/mol. The summed E-state index contributed by atoms with van der Waals surface area (Å²) in [4.78, 5) is 24.8. The van der Waals surface area contributed by atoms with E-state index in [4.69, 9.17) is 4.42 Å². The van der Waals surface area contributed by atoms with E-state index < -0.39 is 35.1 Å². The monoisotopic (exact) mass is 470 g/mol. The van der Waals surface area contributed by atoms with E-state index >= 15 is 0 Å². The highest BCUT2D eigenvalue weighted by atomic mass is 19.4. The molecule has 0 spiro atoms. The fourth-order valence-electron chi connectivity index (χ4n) is 3.46. The Morgan fingerprint density at radius 1 is 0.941 bits per heavy atom. The van der Waals surface area contributed by atoms with Crippen LogP contribution in [0.15, 0.2) is 71.3 Å². The van der Waals surface area contributed by atoms with Crippen molar-refractivity contribution < 1.29 is 31.6 Å². The SMILES string of the molecule is Cc1ccc2c(CC(=O)Nc3ccc(NC(=O)c4ccc(F)cc4)cc3C(F)(F)F)coc2c1. The minimum absolute atomic E-state index is 0.0786. The Hall–Kier alpha value is -4.14. The summed E-state index contributed by atoms with van der Waals surface area (Å²) in [5.41, 5.74) is 0.487. The molecule has 0 aliphatic rings. The number of anilines is 2. The Morgan fingerprint density at radius 3 is 2.38 bits per heavy atom. The number of carbonyl (C=O) groups is 2. The van der Waals surface area contributed by atoms with Crippen LogP contribution in [0.5, 0.6) is 0 Å². The molecule has 34 heavy (non-hydrogen) atoms. The Balaban J connectivity index is 1.53. The normalized spacial score (nSPS) is 11.4. The lowest BCUT2D eigenvalue weighted by Crippen LogP contribution is -2.19. The third kappa shape index (κ3) is 5.09. The van der Waals surface area contributed by atoms with Gasteiger partial charge in [0.25, 0.3) is 5.91 Å². The lowest BCUT2D eigenvalue weighted by atomic mass is 10.1. The van der Waals surface area contributed by atoms with Gasteiger partial charge in [-0.2, -0.15) is 13.2 Å². The number of benzene rings is 3. The maximum absolute atomic E-state index is 13.7. The number of hydrogen-bond donors (Lipinski definition) is 2. The Labute approximate surface area is 191 Å². The molecular weight excluding hydrogens is 452 g/mol. The maximum atomic E-state index is 13.7. The number of alkyl halides is 3. The fourth-order valence-corrected chi connectivity index (χ4v) is 3.46. The molecule has 5 nitrogen and oxygen atoms in total. The number of amides is 2. The molecule has 4 rings (SSSR count). The smallest absolute Gasteiger partial charge is 0.418 e. The maximum Gasteiger partial charge on any atom is 0.418 e. The van der Waals surface area contributed by atoms with E-state index in [0.717, 1.165) is 29.8 Å². The first-order valence-electron chi connectivity index (χ1n) is 10.1. The quantitative estimate of drug-likeness (QED) is 0.335. The third-order valence-electron chi connectivity index (χ3n) is 5.13. The summed E-state index contributed by atoms with van der Waals surface area (Å²) in [6, 6.07) is 13.0. The van der Waals surface area contributed by atoms with Gasteiger partial charge in [0.2, 0.25) is 5.91 Å². The number of aryl methyl sites for hydroxylation is 1. The Bertz CT molecular complexity index is 1380. The van der Waals surface area contributed by atoms with Crippen molar-refractivity contribution in [2.45, 2.75) is 19.5 Å². The van der Waals surface area contributed by atoms with Crippen LogP contribution in [0.4, 0.5) is 28.9 Å². The minimum Gasteiger partial charge on any atom is -0.464 e. The summed E-state index contributed by atoms with van der Waals surface area (Å²) in [5.74, 6) is -1.90. The molecule has 0 radical (unpaired) electrons. The van der Waals surface area contributed by atoms with Gasteiger partial charge in [-0.25, -0.2) is 4.39 Å². The number of halogens is 4. The second kappa shape index (κ2) is 9.01. The van der Waals surface area contributed by atoms with E-state index in [2.05, 4.69) is 10.6 Å². The highest BCUT2D eigenvalue weighted by molar-refractivity contribution is 6.04. The highest BCUT2D eigenvalue weighted by Gasteiger charge is 2.34.